The highest BCUT2D eigenvalue weighted by Gasteiger charge is 2.24. The van der Waals surface area contributed by atoms with Crippen molar-refractivity contribution in [3.8, 4) is 0 Å². The summed E-state index contributed by atoms with van der Waals surface area (Å²) in [5.74, 6) is -0.303. The van der Waals surface area contributed by atoms with Crippen molar-refractivity contribution >= 4 is 5.91 Å². The molecule has 3 heteroatoms. The lowest BCUT2D eigenvalue weighted by Gasteiger charge is -2.19. The number of hydrogen-bond acceptors (Lipinski definition) is 2. The summed E-state index contributed by atoms with van der Waals surface area (Å²) in [6.45, 7) is 6.90. The highest BCUT2D eigenvalue weighted by molar-refractivity contribution is 5.80. The Morgan fingerprint density at radius 1 is 1.38 bits per heavy atom. The van der Waals surface area contributed by atoms with E-state index in [1.165, 1.54) is 12.8 Å². The Labute approximate surface area is 80.6 Å². The molecule has 0 aliphatic carbocycles. The van der Waals surface area contributed by atoms with Crippen LogP contribution in [-0.4, -0.2) is 19.1 Å². The van der Waals surface area contributed by atoms with Crippen LogP contribution in [0.3, 0.4) is 0 Å². The summed E-state index contributed by atoms with van der Waals surface area (Å²) < 4.78 is 5.36. The number of rotatable bonds is 7. The van der Waals surface area contributed by atoms with Crippen molar-refractivity contribution in [3.63, 3.8) is 0 Å². The van der Waals surface area contributed by atoms with E-state index in [0.29, 0.717) is 6.61 Å². The van der Waals surface area contributed by atoms with E-state index in [4.69, 9.17) is 10.5 Å². The molecule has 0 saturated heterocycles. The van der Waals surface area contributed by atoms with Crippen molar-refractivity contribution in [3.05, 3.63) is 0 Å². The van der Waals surface area contributed by atoms with Crippen LogP contribution >= 0.6 is 0 Å². The first-order valence-corrected chi connectivity index (χ1v) is 4.88. The van der Waals surface area contributed by atoms with Gasteiger partial charge >= 0.3 is 0 Å². The van der Waals surface area contributed by atoms with Gasteiger partial charge in [-0.1, -0.05) is 19.8 Å². The van der Waals surface area contributed by atoms with Crippen molar-refractivity contribution in [2.24, 2.45) is 11.1 Å². The minimum atomic E-state index is -0.536. The molecule has 0 bridgehead atoms. The number of hydrogen-bond donors (Lipinski definition) is 1. The monoisotopic (exact) mass is 187 g/mol. The maximum atomic E-state index is 10.9. The van der Waals surface area contributed by atoms with Crippen LogP contribution in [-0.2, 0) is 9.53 Å². The Morgan fingerprint density at radius 3 is 2.46 bits per heavy atom. The molecule has 0 aromatic heterocycles. The lowest BCUT2D eigenvalue weighted by molar-refractivity contribution is -0.129. The number of carbonyl (C=O) groups is 1. The number of ether oxygens (including phenoxy) is 1. The molecule has 3 nitrogen and oxygen atoms in total. The van der Waals surface area contributed by atoms with Crippen molar-refractivity contribution < 1.29 is 9.53 Å². The fourth-order valence-electron chi connectivity index (χ4n) is 0.853. The van der Waals surface area contributed by atoms with E-state index in [1.807, 2.05) is 0 Å². The normalized spacial score (nSPS) is 11.6. The summed E-state index contributed by atoms with van der Waals surface area (Å²) in [6, 6.07) is 0. The molecule has 0 unspecified atom stereocenters. The largest absolute Gasteiger partial charge is 0.380 e. The van der Waals surface area contributed by atoms with Crippen LogP contribution in [0.1, 0.15) is 40.0 Å². The minimum Gasteiger partial charge on any atom is -0.380 e. The number of primary amides is 1. The van der Waals surface area contributed by atoms with Gasteiger partial charge in [-0.25, -0.2) is 0 Å². The lowest BCUT2D eigenvalue weighted by Crippen LogP contribution is -2.35. The number of carbonyl (C=O) groups excluding carboxylic acids is 1. The SMILES string of the molecule is CCCCCOCC(C)(C)C(N)=O. The first-order chi connectivity index (χ1) is 6.00. The summed E-state index contributed by atoms with van der Waals surface area (Å²) in [5, 5.41) is 0. The van der Waals surface area contributed by atoms with Gasteiger partial charge in [0, 0.05) is 6.61 Å². The fraction of sp³-hybridized carbons (Fsp3) is 0.900. The Hall–Kier alpha value is -0.570. The zero-order chi connectivity index (χ0) is 10.3. The van der Waals surface area contributed by atoms with Crippen molar-refractivity contribution in [1.82, 2.24) is 0 Å². The lowest BCUT2D eigenvalue weighted by atomic mass is 9.94. The van der Waals surface area contributed by atoms with Crippen LogP contribution in [0.25, 0.3) is 0 Å². The highest BCUT2D eigenvalue weighted by Crippen LogP contribution is 2.14. The fourth-order valence-corrected chi connectivity index (χ4v) is 0.853. The predicted molar refractivity (Wildman–Crippen MR) is 53.3 cm³/mol. The van der Waals surface area contributed by atoms with Crippen molar-refractivity contribution in [1.29, 1.82) is 0 Å². The quantitative estimate of drug-likeness (QED) is 0.617. The first-order valence-electron chi connectivity index (χ1n) is 4.88. The van der Waals surface area contributed by atoms with E-state index in [0.717, 1.165) is 13.0 Å². The van der Waals surface area contributed by atoms with Gasteiger partial charge in [0.2, 0.25) is 5.91 Å². The van der Waals surface area contributed by atoms with Gasteiger partial charge in [-0.3, -0.25) is 4.79 Å². The van der Waals surface area contributed by atoms with E-state index in [-0.39, 0.29) is 5.91 Å². The van der Waals surface area contributed by atoms with Crippen LogP contribution in [0.5, 0.6) is 0 Å². The molecule has 78 valence electrons. The van der Waals surface area contributed by atoms with Crippen LogP contribution in [0, 0.1) is 5.41 Å². The second-order valence-corrected chi connectivity index (χ2v) is 4.01. The van der Waals surface area contributed by atoms with Gasteiger partial charge < -0.3 is 10.5 Å². The molecule has 2 N–H and O–H groups in total. The summed E-state index contributed by atoms with van der Waals surface area (Å²) >= 11 is 0. The van der Waals surface area contributed by atoms with Crippen LogP contribution in [0.4, 0.5) is 0 Å². The van der Waals surface area contributed by atoms with Crippen LogP contribution < -0.4 is 5.73 Å². The molecule has 0 saturated carbocycles. The number of unbranched alkanes of at least 4 members (excludes halogenated alkanes) is 2. The van der Waals surface area contributed by atoms with E-state index in [2.05, 4.69) is 6.92 Å². The van der Waals surface area contributed by atoms with Gasteiger partial charge in [0.15, 0.2) is 0 Å². The minimum absolute atomic E-state index is 0.303. The molecular weight excluding hydrogens is 166 g/mol. The Morgan fingerprint density at radius 2 is 2.00 bits per heavy atom. The van der Waals surface area contributed by atoms with Gasteiger partial charge in [0.1, 0.15) is 0 Å². The summed E-state index contributed by atoms with van der Waals surface area (Å²) in [7, 11) is 0. The molecule has 0 aliphatic rings. The molecule has 0 fully saturated rings. The topological polar surface area (TPSA) is 52.3 Å². The van der Waals surface area contributed by atoms with E-state index in [9.17, 15) is 4.79 Å². The Bertz CT molecular complexity index is 155. The van der Waals surface area contributed by atoms with Gasteiger partial charge in [0.25, 0.3) is 0 Å². The Balaban J connectivity index is 3.46. The molecule has 0 aromatic rings. The molecule has 0 aliphatic heterocycles. The molecular formula is C10H21NO2. The van der Waals surface area contributed by atoms with Crippen LogP contribution in [0.15, 0.2) is 0 Å². The average molecular weight is 187 g/mol. The third kappa shape index (κ3) is 5.64. The average Bonchev–Trinajstić information content (AvgIpc) is 2.03. The van der Waals surface area contributed by atoms with E-state index < -0.39 is 5.41 Å². The standard InChI is InChI=1S/C10H21NO2/c1-4-5-6-7-13-8-10(2,3)9(11)12/h4-8H2,1-3H3,(H2,11,12). The third-order valence-electron chi connectivity index (χ3n) is 2.02. The second kappa shape index (κ2) is 5.97. The summed E-state index contributed by atoms with van der Waals surface area (Å²) in [5.41, 5.74) is 4.66. The van der Waals surface area contributed by atoms with Gasteiger partial charge in [-0.15, -0.1) is 0 Å². The summed E-state index contributed by atoms with van der Waals surface area (Å²) in [6.07, 6.45) is 3.42. The molecule has 0 heterocycles. The second-order valence-electron chi connectivity index (χ2n) is 4.01. The van der Waals surface area contributed by atoms with Crippen molar-refractivity contribution in [2.75, 3.05) is 13.2 Å². The van der Waals surface area contributed by atoms with Gasteiger partial charge in [-0.2, -0.15) is 0 Å². The molecule has 0 atom stereocenters. The number of amides is 1. The zero-order valence-corrected chi connectivity index (χ0v) is 8.93. The summed E-state index contributed by atoms with van der Waals surface area (Å²) in [4.78, 5) is 10.9. The molecule has 1 amide bonds. The maximum absolute atomic E-state index is 10.9. The molecule has 0 aromatic carbocycles. The van der Waals surface area contributed by atoms with E-state index in [1.54, 1.807) is 13.8 Å². The van der Waals surface area contributed by atoms with Crippen molar-refractivity contribution in [2.45, 2.75) is 40.0 Å². The molecule has 0 rings (SSSR count). The zero-order valence-electron chi connectivity index (χ0n) is 8.93. The predicted octanol–water partition coefficient (Wildman–Crippen LogP) is 1.70. The van der Waals surface area contributed by atoms with Crippen LogP contribution in [0.2, 0.25) is 0 Å². The van der Waals surface area contributed by atoms with Gasteiger partial charge in [-0.05, 0) is 20.3 Å². The van der Waals surface area contributed by atoms with Gasteiger partial charge in [0.05, 0.1) is 12.0 Å². The number of nitrogens with two attached hydrogens (primary N) is 1. The smallest absolute Gasteiger partial charge is 0.225 e. The molecule has 13 heavy (non-hydrogen) atoms. The Kier molecular flexibility index (Phi) is 5.71. The highest BCUT2D eigenvalue weighted by atomic mass is 16.5. The first kappa shape index (κ1) is 12.4. The maximum Gasteiger partial charge on any atom is 0.225 e. The van der Waals surface area contributed by atoms with E-state index >= 15 is 0 Å². The molecule has 0 radical (unpaired) electrons. The molecule has 0 spiro atoms. The third-order valence-corrected chi connectivity index (χ3v) is 2.02.